The molecule has 0 aliphatic carbocycles. The van der Waals surface area contributed by atoms with Gasteiger partial charge >= 0.3 is 0 Å². The highest BCUT2D eigenvalue weighted by Crippen LogP contribution is 2.24. The summed E-state index contributed by atoms with van der Waals surface area (Å²) in [6.07, 6.45) is 3.40. The zero-order valence-corrected chi connectivity index (χ0v) is 13.5. The largest absolute Gasteiger partial charge is 0.367 e. The summed E-state index contributed by atoms with van der Waals surface area (Å²) in [5.41, 5.74) is 1.02. The van der Waals surface area contributed by atoms with Crippen molar-refractivity contribution < 1.29 is 9.59 Å². The number of hydrogen-bond acceptors (Lipinski definition) is 6. The average Bonchev–Trinajstić information content (AvgIpc) is 3.03. The Morgan fingerprint density at radius 1 is 1.13 bits per heavy atom. The summed E-state index contributed by atoms with van der Waals surface area (Å²) in [6.45, 7) is 4.31. The molecule has 1 fully saturated rings. The Morgan fingerprint density at radius 2 is 1.91 bits per heavy atom. The molecule has 2 aromatic rings. The van der Waals surface area contributed by atoms with Crippen molar-refractivity contribution in [1.82, 2.24) is 15.1 Å². The SMILES string of the molecule is CC(=O)Nc1ccc(C(=O)N2CCN(c3ccnnc3)CC2)s1. The topological polar surface area (TPSA) is 78.4 Å². The molecule has 1 N–H and O–H groups in total. The third-order valence-electron chi connectivity index (χ3n) is 3.62. The van der Waals surface area contributed by atoms with Gasteiger partial charge in [0.15, 0.2) is 0 Å². The average molecular weight is 331 g/mol. The van der Waals surface area contributed by atoms with E-state index < -0.39 is 0 Å². The first-order valence-corrected chi connectivity index (χ1v) is 8.13. The number of thiophene rings is 1. The number of hydrogen-bond donors (Lipinski definition) is 1. The van der Waals surface area contributed by atoms with Crippen LogP contribution in [0.5, 0.6) is 0 Å². The predicted octanol–water partition coefficient (Wildman–Crippen LogP) is 1.46. The summed E-state index contributed by atoms with van der Waals surface area (Å²) in [6, 6.07) is 5.44. The Morgan fingerprint density at radius 3 is 2.57 bits per heavy atom. The molecule has 2 amide bonds. The summed E-state index contributed by atoms with van der Waals surface area (Å²) in [5.74, 6) is -0.121. The summed E-state index contributed by atoms with van der Waals surface area (Å²) in [4.78, 5) is 28.3. The standard InChI is InChI=1S/C15H17N5O2S/c1-11(21)18-14-3-2-13(23-14)15(22)20-8-6-19(7-9-20)12-4-5-16-17-10-12/h2-5,10H,6-9H2,1H3,(H,18,21). The van der Waals surface area contributed by atoms with E-state index in [1.807, 2.05) is 11.0 Å². The molecule has 0 unspecified atom stereocenters. The van der Waals surface area contributed by atoms with E-state index in [1.54, 1.807) is 24.5 Å². The molecule has 23 heavy (non-hydrogen) atoms. The summed E-state index contributed by atoms with van der Waals surface area (Å²) in [5, 5.41) is 11.1. The highest BCUT2D eigenvalue weighted by Gasteiger charge is 2.23. The van der Waals surface area contributed by atoms with Crippen LogP contribution < -0.4 is 10.2 Å². The maximum absolute atomic E-state index is 12.5. The van der Waals surface area contributed by atoms with Gasteiger partial charge in [-0.1, -0.05) is 0 Å². The van der Waals surface area contributed by atoms with Crippen molar-refractivity contribution in [3.63, 3.8) is 0 Å². The maximum atomic E-state index is 12.5. The lowest BCUT2D eigenvalue weighted by atomic mass is 10.2. The Bertz CT molecular complexity index is 695. The van der Waals surface area contributed by atoms with Crippen molar-refractivity contribution in [2.45, 2.75) is 6.92 Å². The second-order valence-corrected chi connectivity index (χ2v) is 6.31. The van der Waals surface area contributed by atoms with Gasteiger partial charge in [-0.15, -0.1) is 11.3 Å². The number of aromatic nitrogens is 2. The van der Waals surface area contributed by atoms with E-state index in [2.05, 4.69) is 20.4 Å². The minimum Gasteiger partial charge on any atom is -0.367 e. The van der Waals surface area contributed by atoms with Gasteiger partial charge in [-0.3, -0.25) is 9.59 Å². The van der Waals surface area contributed by atoms with Crippen LogP contribution in [0.2, 0.25) is 0 Å². The first-order chi connectivity index (χ1) is 11.1. The zero-order chi connectivity index (χ0) is 16.2. The van der Waals surface area contributed by atoms with Crippen LogP contribution in [0.25, 0.3) is 0 Å². The van der Waals surface area contributed by atoms with Gasteiger partial charge in [0.25, 0.3) is 5.91 Å². The lowest BCUT2D eigenvalue weighted by Crippen LogP contribution is -2.48. The Kier molecular flexibility index (Phi) is 4.52. The Balaban J connectivity index is 1.60. The second kappa shape index (κ2) is 6.74. The van der Waals surface area contributed by atoms with Crippen molar-refractivity contribution in [2.75, 3.05) is 36.4 Å². The molecule has 0 radical (unpaired) electrons. The van der Waals surface area contributed by atoms with Gasteiger partial charge in [0.05, 0.1) is 28.0 Å². The van der Waals surface area contributed by atoms with E-state index in [9.17, 15) is 9.59 Å². The molecule has 7 nitrogen and oxygen atoms in total. The third-order valence-corrected chi connectivity index (χ3v) is 4.61. The molecule has 1 saturated heterocycles. The second-order valence-electron chi connectivity index (χ2n) is 5.22. The summed E-state index contributed by atoms with van der Waals surface area (Å²) < 4.78 is 0. The fourth-order valence-corrected chi connectivity index (χ4v) is 3.41. The highest BCUT2D eigenvalue weighted by molar-refractivity contribution is 7.18. The zero-order valence-electron chi connectivity index (χ0n) is 12.7. The van der Waals surface area contributed by atoms with Gasteiger partial charge in [0.1, 0.15) is 0 Å². The van der Waals surface area contributed by atoms with E-state index in [4.69, 9.17) is 0 Å². The number of carbonyl (C=O) groups is 2. The van der Waals surface area contributed by atoms with Crippen molar-refractivity contribution in [3.05, 3.63) is 35.5 Å². The van der Waals surface area contributed by atoms with Crippen molar-refractivity contribution >= 4 is 33.8 Å². The highest BCUT2D eigenvalue weighted by atomic mass is 32.1. The number of nitrogens with zero attached hydrogens (tertiary/aromatic N) is 4. The van der Waals surface area contributed by atoms with E-state index in [1.165, 1.54) is 18.3 Å². The smallest absolute Gasteiger partial charge is 0.264 e. The molecule has 0 saturated carbocycles. The molecular formula is C15H17N5O2S. The normalized spacial score (nSPS) is 14.7. The Hall–Kier alpha value is -2.48. The molecule has 3 heterocycles. The molecule has 1 aliphatic rings. The van der Waals surface area contributed by atoms with Crippen molar-refractivity contribution in [3.8, 4) is 0 Å². The number of nitrogens with one attached hydrogen (secondary N) is 1. The fraction of sp³-hybridized carbons (Fsp3) is 0.333. The third kappa shape index (κ3) is 3.65. The Labute approximate surface area is 137 Å². The fourth-order valence-electron chi connectivity index (χ4n) is 2.49. The van der Waals surface area contributed by atoms with Crippen LogP contribution in [0.1, 0.15) is 16.6 Å². The van der Waals surface area contributed by atoms with Gasteiger partial charge in [-0.2, -0.15) is 10.2 Å². The van der Waals surface area contributed by atoms with Crippen molar-refractivity contribution in [1.29, 1.82) is 0 Å². The van der Waals surface area contributed by atoms with Gasteiger partial charge in [0, 0.05) is 33.1 Å². The van der Waals surface area contributed by atoms with E-state index in [0.29, 0.717) is 23.0 Å². The van der Waals surface area contributed by atoms with Gasteiger partial charge in [-0.25, -0.2) is 0 Å². The lowest BCUT2D eigenvalue weighted by Gasteiger charge is -2.35. The van der Waals surface area contributed by atoms with Gasteiger partial charge < -0.3 is 15.1 Å². The first kappa shape index (κ1) is 15.4. The van der Waals surface area contributed by atoms with Gasteiger partial charge in [-0.05, 0) is 18.2 Å². The number of amides is 2. The van der Waals surface area contributed by atoms with Crippen LogP contribution in [0.4, 0.5) is 10.7 Å². The lowest BCUT2D eigenvalue weighted by molar-refractivity contribution is -0.114. The monoisotopic (exact) mass is 331 g/mol. The molecule has 0 bridgehead atoms. The van der Waals surface area contributed by atoms with Crippen LogP contribution in [0.15, 0.2) is 30.6 Å². The molecule has 3 rings (SSSR count). The molecule has 8 heteroatoms. The molecule has 2 aromatic heterocycles. The molecule has 0 atom stereocenters. The number of piperazine rings is 1. The minimum atomic E-state index is -0.134. The molecule has 1 aliphatic heterocycles. The number of carbonyl (C=O) groups excluding carboxylic acids is 2. The molecular weight excluding hydrogens is 314 g/mol. The predicted molar refractivity (Wildman–Crippen MR) is 88.8 cm³/mol. The molecule has 120 valence electrons. The van der Waals surface area contributed by atoms with Crippen LogP contribution >= 0.6 is 11.3 Å². The first-order valence-electron chi connectivity index (χ1n) is 7.32. The quantitative estimate of drug-likeness (QED) is 0.921. The van der Waals surface area contributed by atoms with E-state index in [-0.39, 0.29) is 11.8 Å². The van der Waals surface area contributed by atoms with Gasteiger partial charge in [0.2, 0.25) is 5.91 Å². The van der Waals surface area contributed by atoms with E-state index in [0.717, 1.165) is 18.8 Å². The van der Waals surface area contributed by atoms with Crippen LogP contribution in [0, 0.1) is 0 Å². The van der Waals surface area contributed by atoms with Crippen LogP contribution in [0.3, 0.4) is 0 Å². The molecule has 0 aromatic carbocycles. The van der Waals surface area contributed by atoms with Crippen LogP contribution in [-0.2, 0) is 4.79 Å². The molecule has 0 spiro atoms. The summed E-state index contributed by atoms with van der Waals surface area (Å²) >= 11 is 1.31. The van der Waals surface area contributed by atoms with Crippen molar-refractivity contribution in [2.24, 2.45) is 0 Å². The maximum Gasteiger partial charge on any atom is 0.264 e. The minimum absolute atomic E-state index is 0.0131. The number of rotatable bonds is 3. The van der Waals surface area contributed by atoms with Crippen LogP contribution in [-0.4, -0.2) is 53.1 Å². The number of anilines is 2. The van der Waals surface area contributed by atoms with E-state index >= 15 is 0 Å². The summed E-state index contributed by atoms with van der Waals surface area (Å²) in [7, 11) is 0.